The lowest BCUT2D eigenvalue weighted by molar-refractivity contribution is -0.669. The van der Waals surface area contributed by atoms with Gasteiger partial charge in [-0.2, -0.15) is 4.57 Å². The van der Waals surface area contributed by atoms with Crippen LogP contribution >= 0.6 is 11.3 Å². The maximum absolute atomic E-state index is 6.54. The molecule has 9 rings (SSSR count). The fourth-order valence-corrected chi connectivity index (χ4v) is 9.90. The SMILES string of the molecule is Cc1cc2c(cc1C)N(CCOc1cccc3ccccc13)C(=CC=CC1=CC(=Cc3sc4cc(C)c(C)cc4[n+]3CCOc3cccc4ccccc34)CC(C)(C)C1)O2. The summed E-state index contributed by atoms with van der Waals surface area (Å²) >= 11 is 1.87. The van der Waals surface area contributed by atoms with Crippen LogP contribution in [0.1, 0.15) is 54.0 Å². The van der Waals surface area contributed by atoms with Gasteiger partial charge in [0.15, 0.2) is 12.3 Å². The summed E-state index contributed by atoms with van der Waals surface area (Å²) in [6.07, 6.45) is 13.3. The predicted octanol–water partition coefficient (Wildman–Crippen LogP) is 13.3. The van der Waals surface area contributed by atoms with Gasteiger partial charge in [-0.15, -0.1) is 0 Å². The van der Waals surface area contributed by atoms with Gasteiger partial charge in [0.1, 0.15) is 29.4 Å². The maximum Gasteiger partial charge on any atom is 0.263 e. The monoisotopic (exact) mass is 809 g/mol. The van der Waals surface area contributed by atoms with Gasteiger partial charge in [0.05, 0.1) is 12.2 Å². The van der Waals surface area contributed by atoms with E-state index in [0.717, 1.165) is 59.0 Å². The van der Waals surface area contributed by atoms with Crippen molar-refractivity contribution in [2.24, 2.45) is 5.41 Å². The van der Waals surface area contributed by atoms with Crippen LogP contribution in [0.4, 0.5) is 5.69 Å². The van der Waals surface area contributed by atoms with E-state index in [1.807, 2.05) is 11.3 Å². The van der Waals surface area contributed by atoms with Gasteiger partial charge < -0.3 is 19.1 Å². The number of hydrogen-bond acceptors (Lipinski definition) is 5. The van der Waals surface area contributed by atoms with E-state index in [1.54, 1.807) is 0 Å². The zero-order valence-corrected chi connectivity index (χ0v) is 36.4. The van der Waals surface area contributed by atoms with E-state index in [1.165, 1.54) is 59.4 Å². The highest BCUT2D eigenvalue weighted by molar-refractivity contribution is 7.18. The molecule has 0 N–H and O–H groups in total. The van der Waals surface area contributed by atoms with E-state index >= 15 is 0 Å². The Kier molecular flexibility index (Phi) is 10.8. The highest BCUT2D eigenvalue weighted by Gasteiger charge is 2.29. The molecule has 6 aromatic carbocycles. The number of fused-ring (bicyclic) bond motifs is 4. The Morgan fingerprint density at radius 1 is 0.733 bits per heavy atom. The number of benzene rings is 6. The number of anilines is 1. The van der Waals surface area contributed by atoms with E-state index in [9.17, 15) is 0 Å². The number of aromatic nitrogens is 1. The fraction of sp³-hybridized carbons (Fsp3) is 0.241. The molecule has 1 aliphatic heterocycles. The van der Waals surface area contributed by atoms with Crippen LogP contribution in [0.15, 0.2) is 151 Å². The van der Waals surface area contributed by atoms with Crippen molar-refractivity contribution in [3.63, 3.8) is 0 Å². The Bertz CT molecular complexity index is 2880. The average molecular weight is 810 g/mol. The lowest BCUT2D eigenvalue weighted by Crippen LogP contribution is -2.38. The highest BCUT2D eigenvalue weighted by Crippen LogP contribution is 2.42. The summed E-state index contributed by atoms with van der Waals surface area (Å²) in [6, 6.07) is 38.4. The van der Waals surface area contributed by atoms with Crippen LogP contribution in [-0.4, -0.2) is 19.8 Å². The molecular weight excluding hydrogens is 757 g/mol. The third-order valence-corrected chi connectivity index (χ3v) is 13.0. The molecule has 6 heteroatoms. The number of hydrogen-bond donors (Lipinski definition) is 0. The van der Waals surface area contributed by atoms with E-state index in [4.69, 9.17) is 14.2 Å². The van der Waals surface area contributed by atoms with Crippen molar-refractivity contribution < 1.29 is 18.8 Å². The molecule has 0 amide bonds. The standard InChI is InChI=1S/C54H53N2O3S/c1-36-28-46-50(30-38(36)3)59-52(55(46)24-26-57-48-21-12-17-42-15-7-9-19-44(42)48)23-11-14-40-32-41(35-54(5,6)34-40)33-53-56(47-29-37(2)39(4)31-51(47)60-53)25-27-58-49-22-13-18-43-16-8-10-20-45(43)49/h7-23,28-33H,24-27,34-35H2,1-6H3/q+1. The van der Waals surface area contributed by atoms with Crippen molar-refractivity contribution in [3.8, 4) is 17.2 Å². The van der Waals surface area contributed by atoms with Crippen LogP contribution in [0.2, 0.25) is 0 Å². The third kappa shape index (κ3) is 8.22. The number of nitrogens with zero attached hydrogens (tertiary/aromatic N) is 2. The zero-order chi connectivity index (χ0) is 41.4. The van der Waals surface area contributed by atoms with E-state index in [0.29, 0.717) is 19.8 Å². The number of rotatable bonds is 11. The minimum absolute atomic E-state index is 0.111. The summed E-state index contributed by atoms with van der Waals surface area (Å²) < 4.78 is 23.2. The van der Waals surface area contributed by atoms with Crippen molar-refractivity contribution in [1.82, 2.24) is 0 Å². The number of ether oxygens (including phenoxy) is 3. The van der Waals surface area contributed by atoms with E-state index in [-0.39, 0.29) is 5.41 Å². The van der Waals surface area contributed by atoms with Gasteiger partial charge >= 0.3 is 0 Å². The summed E-state index contributed by atoms with van der Waals surface area (Å²) in [5.74, 6) is 3.52. The minimum atomic E-state index is 0.111. The lowest BCUT2D eigenvalue weighted by atomic mass is 9.75. The van der Waals surface area contributed by atoms with Crippen molar-refractivity contribution in [2.75, 3.05) is 24.7 Å². The van der Waals surface area contributed by atoms with Crippen LogP contribution in [-0.2, 0) is 6.54 Å². The molecule has 0 unspecified atom stereocenters. The van der Waals surface area contributed by atoms with Gasteiger partial charge in [0, 0.05) is 22.9 Å². The van der Waals surface area contributed by atoms with Crippen LogP contribution in [0.25, 0.3) is 37.8 Å². The topological polar surface area (TPSA) is 34.8 Å². The Hall–Kier alpha value is -6.11. The van der Waals surface area contributed by atoms with Crippen LogP contribution in [0.5, 0.6) is 17.2 Å². The first-order chi connectivity index (χ1) is 29.1. The first-order valence-corrected chi connectivity index (χ1v) is 21.9. The molecular formula is C54H53N2O3S+. The molecule has 302 valence electrons. The summed E-state index contributed by atoms with van der Waals surface area (Å²) in [7, 11) is 0. The van der Waals surface area contributed by atoms with Gasteiger partial charge in [0.25, 0.3) is 5.01 Å². The Labute approximate surface area is 358 Å². The van der Waals surface area contributed by atoms with Crippen LogP contribution in [0.3, 0.4) is 0 Å². The Morgan fingerprint density at radius 3 is 2.10 bits per heavy atom. The van der Waals surface area contributed by atoms with Crippen LogP contribution in [0, 0.1) is 33.1 Å². The summed E-state index contributed by atoms with van der Waals surface area (Å²) in [6.45, 7) is 16.0. The molecule has 0 saturated carbocycles. The Balaban J connectivity index is 0.976. The number of allylic oxidation sites excluding steroid dienone is 6. The second-order valence-electron chi connectivity index (χ2n) is 17.1. The average Bonchev–Trinajstić information content (AvgIpc) is 3.72. The summed E-state index contributed by atoms with van der Waals surface area (Å²) in [5, 5.41) is 5.88. The molecule has 0 atom stereocenters. The van der Waals surface area contributed by atoms with Gasteiger partial charge in [-0.05, 0) is 127 Å². The van der Waals surface area contributed by atoms with E-state index in [2.05, 4.69) is 191 Å². The van der Waals surface area contributed by atoms with Gasteiger partial charge in [-0.1, -0.05) is 116 Å². The zero-order valence-electron chi connectivity index (χ0n) is 35.5. The third-order valence-electron chi connectivity index (χ3n) is 11.9. The fourth-order valence-electron chi connectivity index (χ4n) is 8.66. The smallest absolute Gasteiger partial charge is 0.263 e. The highest BCUT2D eigenvalue weighted by atomic mass is 32.1. The predicted molar refractivity (Wildman–Crippen MR) is 251 cm³/mol. The Morgan fingerprint density at radius 2 is 1.37 bits per heavy atom. The minimum Gasteiger partial charge on any atom is -0.491 e. The maximum atomic E-state index is 6.54. The molecule has 0 spiro atoms. The molecule has 0 saturated heterocycles. The lowest BCUT2D eigenvalue weighted by Gasteiger charge is -2.30. The van der Waals surface area contributed by atoms with Gasteiger partial charge in [-0.3, -0.25) is 0 Å². The number of aryl methyl sites for hydroxylation is 4. The van der Waals surface area contributed by atoms with Gasteiger partial charge in [-0.25, -0.2) is 0 Å². The first-order valence-electron chi connectivity index (χ1n) is 21.1. The molecule has 5 nitrogen and oxygen atoms in total. The second kappa shape index (κ2) is 16.5. The summed E-state index contributed by atoms with van der Waals surface area (Å²) in [4.78, 5) is 2.25. The van der Waals surface area contributed by atoms with E-state index < -0.39 is 0 Å². The van der Waals surface area contributed by atoms with Crippen molar-refractivity contribution in [1.29, 1.82) is 0 Å². The molecule has 0 radical (unpaired) electrons. The second-order valence-corrected chi connectivity index (χ2v) is 18.2. The molecule has 7 aromatic rings. The molecule has 1 aliphatic carbocycles. The largest absolute Gasteiger partial charge is 0.491 e. The quantitative estimate of drug-likeness (QED) is 0.122. The molecule has 0 bridgehead atoms. The van der Waals surface area contributed by atoms with Crippen LogP contribution < -0.4 is 23.7 Å². The van der Waals surface area contributed by atoms with Crippen molar-refractivity contribution in [3.05, 3.63) is 178 Å². The van der Waals surface area contributed by atoms with Crippen molar-refractivity contribution in [2.45, 2.75) is 60.9 Å². The molecule has 2 aliphatic rings. The normalized spacial score (nSPS) is 16.3. The molecule has 1 aromatic heterocycles. The first kappa shape index (κ1) is 39.4. The van der Waals surface area contributed by atoms with Gasteiger partial charge in [0.2, 0.25) is 11.4 Å². The summed E-state index contributed by atoms with van der Waals surface area (Å²) in [5.41, 5.74) is 10.2. The molecule has 60 heavy (non-hydrogen) atoms. The molecule has 2 heterocycles. The molecule has 0 fully saturated rings. The number of thiazole rings is 1. The van der Waals surface area contributed by atoms with Crippen molar-refractivity contribution >= 4 is 54.9 Å².